The molecule has 10 atom stereocenters. The van der Waals surface area contributed by atoms with Gasteiger partial charge in [-0.1, -0.05) is 34.1 Å². The van der Waals surface area contributed by atoms with Gasteiger partial charge in [0.25, 0.3) is 0 Å². The normalized spacial score (nSPS) is 48.5. The second-order valence-electron chi connectivity index (χ2n) is 12.1. The first-order chi connectivity index (χ1) is 14.5. The van der Waals surface area contributed by atoms with Gasteiger partial charge >= 0.3 is 10.4 Å². The summed E-state index contributed by atoms with van der Waals surface area (Å²) in [6, 6.07) is 0. The van der Waals surface area contributed by atoms with E-state index in [9.17, 15) is 13.5 Å². The standard InChI is InChI=1S/C25H44O5S/c1-5-17-14-19-21-7-6-20(16(2)10-13-30-31(27,28)29)24(21,3)12-9-22(19)25(4)11-8-18(26)15-23(17)25/h16-23,26H,5-15H2,1-4H3,(H,27,28,29)/t16-,17+,18+,19?,20-,21?,22?,23+,24-,25-/m1/s1. The highest BCUT2D eigenvalue weighted by molar-refractivity contribution is 7.80. The van der Waals surface area contributed by atoms with Crippen molar-refractivity contribution in [1.29, 1.82) is 0 Å². The fourth-order valence-corrected chi connectivity index (χ4v) is 9.76. The van der Waals surface area contributed by atoms with Crippen molar-refractivity contribution in [3.8, 4) is 0 Å². The van der Waals surface area contributed by atoms with Crippen LogP contribution in [0.1, 0.15) is 91.9 Å². The molecule has 0 aromatic rings. The number of hydrogen-bond acceptors (Lipinski definition) is 4. The molecule has 0 bridgehead atoms. The minimum absolute atomic E-state index is 0.0727. The highest BCUT2D eigenvalue weighted by Crippen LogP contribution is 2.69. The number of aliphatic hydroxyl groups is 1. The highest BCUT2D eigenvalue weighted by atomic mass is 32.3. The van der Waals surface area contributed by atoms with Gasteiger partial charge in [0.15, 0.2) is 0 Å². The Balaban J connectivity index is 1.51. The smallest absolute Gasteiger partial charge is 0.393 e. The second-order valence-corrected chi connectivity index (χ2v) is 13.2. The number of rotatable bonds is 6. The summed E-state index contributed by atoms with van der Waals surface area (Å²) in [5.41, 5.74) is 0.714. The first kappa shape index (κ1) is 24.0. The lowest BCUT2D eigenvalue weighted by Gasteiger charge is -2.63. The maximum Gasteiger partial charge on any atom is 0.397 e. The van der Waals surface area contributed by atoms with Crippen LogP contribution < -0.4 is 0 Å². The summed E-state index contributed by atoms with van der Waals surface area (Å²) in [7, 11) is -4.35. The molecule has 4 aliphatic rings. The van der Waals surface area contributed by atoms with Gasteiger partial charge in [-0.15, -0.1) is 0 Å². The number of fused-ring (bicyclic) bond motifs is 5. The molecule has 0 aliphatic heterocycles. The molecule has 31 heavy (non-hydrogen) atoms. The van der Waals surface area contributed by atoms with Crippen LogP contribution in [0.4, 0.5) is 0 Å². The summed E-state index contributed by atoms with van der Waals surface area (Å²) < 4.78 is 35.4. The van der Waals surface area contributed by atoms with Crippen molar-refractivity contribution >= 4 is 10.4 Å². The zero-order chi connectivity index (χ0) is 22.6. The second kappa shape index (κ2) is 8.56. The molecule has 0 heterocycles. The molecule has 0 saturated heterocycles. The van der Waals surface area contributed by atoms with E-state index in [-0.39, 0.29) is 12.7 Å². The topological polar surface area (TPSA) is 83.8 Å². The molecule has 5 nitrogen and oxygen atoms in total. The van der Waals surface area contributed by atoms with E-state index in [1.54, 1.807) is 0 Å². The van der Waals surface area contributed by atoms with E-state index in [4.69, 9.17) is 4.55 Å². The lowest BCUT2D eigenvalue weighted by Crippen LogP contribution is -2.56. The van der Waals surface area contributed by atoms with E-state index in [1.807, 2.05) is 0 Å². The van der Waals surface area contributed by atoms with Gasteiger partial charge in [0, 0.05) is 0 Å². The van der Waals surface area contributed by atoms with E-state index in [1.165, 1.54) is 44.9 Å². The van der Waals surface area contributed by atoms with Gasteiger partial charge in [0.2, 0.25) is 0 Å². The molecule has 0 amide bonds. The van der Waals surface area contributed by atoms with E-state index in [0.29, 0.717) is 35.0 Å². The maximum atomic E-state index is 10.9. The molecular weight excluding hydrogens is 412 g/mol. The SMILES string of the molecule is CC[C@H]1CC2C3CC[C@H]([C@H](C)CCOS(=O)(=O)O)[C@@]3(C)CCC2[C@@]2(C)CC[C@H](O)C[C@@H]12. The van der Waals surface area contributed by atoms with Crippen molar-refractivity contribution in [3.05, 3.63) is 0 Å². The van der Waals surface area contributed by atoms with Crippen LogP contribution in [0.15, 0.2) is 0 Å². The Labute approximate surface area is 189 Å². The van der Waals surface area contributed by atoms with E-state index >= 15 is 0 Å². The Hall–Kier alpha value is -0.170. The van der Waals surface area contributed by atoms with Crippen LogP contribution in [0.25, 0.3) is 0 Å². The lowest BCUT2D eigenvalue weighted by molar-refractivity contribution is -0.152. The maximum absolute atomic E-state index is 10.9. The Kier molecular flexibility index (Phi) is 6.62. The molecule has 2 N–H and O–H groups in total. The number of hydrogen-bond donors (Lipinski definition) is 2. The Morgan fingerprint density at radius 1 is 1.00 bits per heavy atom. The summed E-state index contributed by atoms with van der Waals surface area (Å²) in [6.07, 6.45) is 11.4. The molecule has 4 rings (SSSR count). The summed E-state index contributed by atoms with van der Waals surface area (Å²) in [6.45, 7) is 9.75. The summed E-state index contributed by atoms with van der Waals surface area (Å²) in [5.74, 6) is 4.77. The van der Waals surface area contributed by atoms with Crippen molar-refractivity contribution in [2.24, 2.45) is 52.3 Å². The van der Waals surface area contributed by atoms with Crippen molar-refractivity contribution in [3.63, 3.8) is 0 Å². The van der Waals surface area contributed by atoms with Crippen LogP contribution in [0.2, 0.25) is 0 Å². The molecule has 0 aromatic heterocycles. The molecule has 4 fully saturated rings. The van der Waals surface area contributed by atoms with Gasteiger partial charge in [-0.05, 0) is 110 Å². The predicted octanol–water partition coefficient (Wildman–Crippen LogP) is 5.49. The van der Waals surface area contributed by atoms with Crippen molar-refractivity contribution < 1.29 is 22.3 Å². The van der Waals surface area contributed by atoms with Crippen LogP contribution in [0.5, 0.6) is 0 Å². The van der Waals surface area contributed by atoms with E-state index < -0.39 is 10.4 Å². The molecule has 4 saturated carbocycles. The van der Waals surface area contributed by atoms with Crippen LogP contribution >= 0.6 is 0 Å². The highest BCUT2D eigenvalue weighted by Gasteiger charge is 2.62. The Bertz CT molecular complexity index is 753. The zero-order valence-electron chi connectivity index (χ0n) is 19.9. The molecule has 3 unspecified atom stereocenters. The minimum Gasteiger partial charge on any atom is -0.393 e. The van der Waals surface area contributed by atoms with Crippen LogP contribution in [-0.2, 0) is 14.6 Å². The molecular formula is C25H44O5S. The largest absolute Gasteiger partial charge is 0.397 e. The van der Waals surface area contributed by atoms with Crippen LogP contribution in [0.3, 0.4) is 0 Å². The zero-order valence-corrected chi connectivity index (χ0v) is 20.7. The predicted molar refractivity (Wildman–Crippen MR) is 122 cm³/mol. The summed E-state index contributed by atoms with van der Waals surface area (Å²) in [5, 5.41) is 10.4. The number of aliphatic hydroxyl groups excluding tert-OH is 1. The molecule has 4 aliphatic carbocycles. The summed E-state index contributed by atoms with van der Waals surface area (Å²) in [4.78, 5) is 0. The van der Waals surface area contributed by atoms with Crippen molar-refractivity contribution in [1.82, 2.24) is 0 Å². The first-order valence-corrected chi connectivity index (χ1v) is 14.2. The van der Waals surface area contributed by atoms with Crippen LogP contribution in [0, 0.1) is 52.3 Å². The molecule has 6 heteroatoms. The van der Waals surface area contributed by atoms with Gasteiger partial charge in [-0.25, -0.2) is 4.18 Å². The molecule has 0 spiro atoms. The monoisotopic (exact) mass is 456 g/mol. The fourth-order valence-electron chi connectivity index (χ4n) is 9.45. The van der Waals surface area contributed by atoms with Gasteiger partial charge in [-0.2, -0.15) is 8.42 Å². The quantitative estimate of drug-likeness (QED) is 0.517. The average Bonchev–Trinajstić information content (AvgIpc) is 3.04. The third-order valence-corrected chi connectivity index (χ3v) is 11.4. The molecule has 180 valence electrons. The summed E-state index contributed by atoms with van der Waals surface area (Å²) >= 11 is 0. The molecule has 0 aromatic carbocycles. The van der Waals surface area contributed by atoms with Gasteiger partial charge < -0.3 is 5.11 Å². The van der Waals surface area contributed by atoms with Crippen LogP contribution in [-0.4, -0.2) is 30.8 Å². The Morgan fingerprint density at radius 3 is 2.35 bits per heavy atom. The Morgan fingerprint density at radius 2 is 1.68 bits per heavy atom. The van der Waals surface area contributed by atoms with E-state index in [0.717, 1.165) is 36.5 Å². The fraction of sp³-hybridized carbons (Fsp3) is 1.00. The minimum atomic E-state index is -4.35. The third-order valence-electron chi connectivity index (χ3n) is 10.9. The lowest BCUT2D eigenvalue weighted by atomic mass is 9.42. The van der Waals surface area contributed by atoms with Gasteiger partial charge in [0.05, 0.1) is 12.7 Å². The van der Waals surface area contributed by atoms with Crippen molar-refractivity contribution in [2.75, 3.05) is 6.61 Å². The first-order valence-electron chi connectivity index (χ1n) is 12.8. The van der Waals surface area contributed by atoms with Gasteiger partial charge in [0.1, 0.15) is 0 Å². The van der Waals surface area contributed by atoms with E-state index in [2.05, 4.69) is 31.9 Å². The third kappa shape index (κ3) is 4.24. The molecule has 0 radical (unpaired) electrons. The van der Waals surface area contributed by atoms with Gasteiger partial charge in [-0.3, -0.25) is 4.55 Å². The van der Waals surface area contributed by atoms with Crippen molar-refractivity contribution in [2.45, 2.75) is 98.0 Å². The average molecular weight is 457 g/mol.